The number of carbonyl (C=O) groups is 1. The van der Waals surface area contributed by atoms with Crippen LogP contribution >= 0.6 is 0 Å². The van der Waals surface area contributed by atoms with Crippen molar-refractivity contribution in [1.29, 1.82) is 0 Å². The normalized spacial score (nSPS) is 21.5. The maximum Gasteiger partial charge on any atom is 0.274 e. The van der Waals surface area contributed by atoms with Crippen molar-refractivity contribution in [2.24, 2.45) is 5.92 Å². The zero-order valence-corrected chi connectivity index (χ0v) is 13.7. The minimum atomic E-state index is -0.0639. The first kappa shape index (κ1) is 15.3. The average molecular weight is 326 g/mol. The third-order valence-corrected chi connectivity index (χ3v) is 4.85. The van der Waals surface area contributed by atoms with Gasteiger partial charge in [0, 0.05) is 50.3 Å². The van der Waals surface area contributed by atoms with E-state index < -0.39 is 0 Å². The molecule has 0 radical (unpaired) electrons. The van der Waals surface area contributed by atoms with E-state index in [1.54, 1.807) is 12.4 Å². The Morgan fingerprint density at radius 2 is 2.00 bits per heavy atom. The molecule has 1 fully saturated rings. The Morgan fingerprint density at radius 1 is 1.12 bits per heavy atom. The van der Waals surface area contributed by atoms with Gasteiger partial charge in [0.1, 0.15) is 11.5 Å². The van der Waals surface area contributed by atoms with Gasteiger partial charge >= 0.3 is 0 Å². The molecule has 0 unspecified atom stereocenters. The van der Waals surface area contributed by atoms with Crippen molar-refractivity contribution in [1.82, 2.24) is 29.3 Å². The quantitative estimate of drug-likeness (QED) is 0.843. The van der Waals surface area contributed by atoms with E-state index in [2.05, 4.69) is 24.4 Å². The molecule has 4 rings (SSSR count). The molecule has 2 aliphatic heterocycles. The van der Waals surface area contributed by atoms with Crippen molar-refractivity contribution in [3.05, 3.63) is 42.5 Å². The monoisotopic (exact) mass is 326 g/mol. The molecule has 2 aromatic rings. The first-order chi connectivity index (χ1) is 11.8. The minimum absolute atomic E-state index is 0.0639. The van der Waals surface area contributed by atoms with E-state index in [0.29, 0.717) is 18.2 Å². The smallest absolute Gasteiger partial charge is 0.274 e. The summed E-state index contributed by atoms with van der Waals surface area (Å²) in [4.78, 5) is 29.8. The summed E-state index contributed by atoms with van der Waals surface area (Å²) >= 11 is 0. The molecule has 126 valence electrons. The van der Waals surface area contributed by atoms with Crippen LogP contribution in [0, 0.1) is 5.92 Å². The molecule has 7 nitrogen and oxygen atoms in total. The Kier molecular flexibility index (Phi) is 4.25. The fraction of sp³-hybridized carbons (Fsp3) is 0.529. The van der Waals surface area contributed by atoms with Crippen LogP contribution in [0.2, 0.25) is 0 Å². The number of amides is 1. The number of hydrogen-bond acceptors (Lipinski definition) is 5. The summed E-state index contributed by atoms with van der Waals surface area (Å²) in [6.07, 6.45) is 11.1. The third-order valence-electron chi connectivity index (χ3n) is 4.85. The number of likely N-dealkylation sites (tertiary alicyclic amines) is 1. The van der Waals surface area contributed by atoms with Gasteiger partial charge in [0.05, 0.1) is 12.7 Å². The highest BCUT2D eigenvalue weighted by atomic mass is 16.2. The summed E-state index contributed by atoms with van der Waals surface area (Å²) in [6, 6.07) is 0. The van der Waals surface area contributed by atoms with Gasteiger partial charge in [-0.25, -0.2) is 9.97 Å². The first-order valence-corrected chi connectivity index (χ1v) is 8.57. The summed E-state index contributed by atoms with van der Waals surface area (Å²) in [5.74, 6) is 1.28. The topological polar surface area (TPSA) is 67.2 Å². The predicted octanol–water partition coefficient (Wildman–Crippen LogP) is 1.04. The summed E-state index contributed by atoms with van der Waals surface area (Å²) in [5, 5.41) is 0. The van der Waals surface area contributed by atoms with Crippen molar-refractivity contribution in [3.8, 4) is 0 Å². The molecule has 0 N–H and O–H groups in total. The Hall–Kier alpha value is -2.28. The van der Waals surface area contributed by atoms with Crippen LogP contribution in [0.4, 0.5) is 0 Å². The Morgan fingerprint density at radius 3 is 2.79 bits per heavy atom. The SMILES string of the molecule is O=C(c1cnccn1)N1Cc2nccn2C[C@H](CN2CCCC2)C1. The summed E-state index contributed by atoms with van der Waals surface area (Å²) in [7, 11) is 0. The van der Waals surface area contributed by atoms with Gasteiger partial charge in [0.2, 0.25) is 0 Å². The first-order valence-electron chi connectivity index (χ1n) is 8.57. The lowest BCUT2D eigenvalue weighted by Crippen LogP contribution is -2.38. The molecule has 4 heterocycles. The summed E-state index contributed by atoms with van der Waals surface area (Å²) in [6.45, 7) is 5.54. The summed E-state index contributed by atoms with van der Waals surface area (Å²) in [5.41, 5.74) is 0.400. The maximum absolute atomic E-state index is 12.8. The van der Waals surface area contributed by atoms with Crippen molar-refractivity contribution < 1.29 is 4.79 Å². The van der Waals surface area contributed by atoms with Crippen molar-refractivity contribution in [3.63, 3.8) is 0 Å². The van der Waals surface area contributed by atoms with Crippen molar-refractivity contribution >= 4 is 5.91 Å². The molecule has 1 saturated heterocycles. The standard InChI is InChI=1S/C17H22N6O/c24-17(15-9-18-3-4-19-15)23-12-14(10-21-6-1-2-7-21)11-22-8-5-20-16(22)13-23/h3-5,8-9,14H,1-2,6-7,10-13H2/t14-/m0/s1. The van der Waals surface area contributed by atoms with Gasteiger partial charge in [-0.15, -0.1) is 0 Å². The second-order valence-electron chi connectivity index (χ2n) is 6.65. The molecule has 1 amide bonds. The van der Waals surface area contributed by atoms with Gasteiger partial charge in [0.25, 0.3) is 5.91 Å². The number of nitrogens with zero attached hydrogens (tertiary/aromatic N) is 6. The lowest BCUT2D eigenvalue weighted by Gasteiger charge is -2.27. The van der Waals surface area contributed by atoms with Gasteiger partial charge in [-0.2, -0.15) is 0 Å². The zero-order valence-electron chi connectivity index (χ0n) is 13.7. The van der Waals surface area contributed by atoms with E-state index in [9.17, 15) is 4.79 Å². The molecule has 2 aromatic heterocycles. The van der Waals surface area contributed by atoms with Crippen LogP contribution in [0.1, 0.15) is 29.2 Å². The zero-order chi connectivity index (χ0) is 16.4. The lowest BCUT2D eigenvalue weighted by molar-refractivity contribution is 0.0700. The summed E-state index contributed by atoms with van der Waals surface area (Å²) < 4.78 is 2.19. The van der Waals surface area contributed by atoms with Crippen LogP contribution in [0.3, 0.4) is 0 Å². The molecule has 0 bridgehead atoms. The lowest BCUT2D eigenvalue weighted by atomic mass is 10.1. The van der Waals surface area contributed by atoms with Gasteiger partial charge in [-0.1, -0.05) is 0 Å². The van der Waals surface area contributed by atoms with E-state index in [0.717, 1.165) is 25.5 Å². The molecule has 24 heavy (non-hydrogen) atoms. The number of aromatic nitrogens is 4. The van der Waals surface area contributed by atoms with Gasteiger partial charge < -0.3 is 14.4 Å². The number of hydrogen-bond donors (Lipinski definition) is 0. The predicted molar refractivity (Wildman–Crippen MR) is 88.2 cm³/mol. The molecular weight excluding hydrogens is 304 g/mol. The molecule has 0 aromatic carbocycles. The Bertz CT molecular complexity index is 694. The van der Waals surface area contributed by atoms with Gasteiger partial charge in [-0.3, -0.25) is 9.78 Å². The van der Waals surface area contributed by atoms with Crippen molar-refractivity contribution in [2.75, 3.05) is 26.2 Å². The molecule has 1 atom stereocenters. The van der Waals surface area contributed by atoms with Gasteiger partial charge in [-0.05, 0) is 25.9 Å². The third kappa shape index (κ3) is 3.17. The molecule has 2 aliphatic rings. The van der Waals surface area contributed by atoms with Crippen LogP contribution in [-0.2, 0) is 13.1 Å². The fourth-order valence-electron chi connectivity index (χ4n) is 3.71. The van der Waals surface area contributed by atoms with E-state index in [4.69, 9.17) is 0 Å². The Labute approximate surface area is 141 Å². The van der Waals surface area contributed by atoms with E-state index in [-0.39, 0.29) is 5.91 Å². The Balaban J connectivity index is 1.55. The largest absolute Gasteiger partial charge is 0.333 e. The van der Waals surface area contributed by atoms with Crippen LogP contribution in [0.5, 0.6) is 0 Å². The highest BCUT2D eigenvalue weighted by Crippen LogP contribution is 2.20. The number of fused-ring (bicyclic) bond motifs is 1. The molecule has 0 spiro atoms. The van der Waals surface area contributed by atoms with Crippen LogP contribution < -0.4 is 0 Å². The highest BCUT2D eigenvalue weighted by Gasteiger charge is 2.28. The molecule has 0 saturated carbocycles. The maximum atomic E-state index is 12.8. The van der Waals surface area contributed by atoms with E-state index >= 15 is 0 Å². The number of carbonyl (C=O) groups excluding carboxylic acids is 1. The fourth-order valence-corrected chi connectivity index (χ4v) is 3.71. The second kappa shape index (κ2) is 6.68. The molecule has 0 aliphatic carbocycles. The van der Waals surface area contributed by atoms with E-state index in [1.165, 1.54) is 32.1 Å². The van der Waals surface area contributed by atoms with Crippen LogP contribution in [0.15, 0.2) is 31.0 Å². The number of rotatable bonds is 3. The molecular formula is C17H22N6O. The highest BCUT2D eigenvalue weighted by molar-refractivity contribution is 5.91. The molecule has 7 heteroatoms. The van der Waals surface area contributed by atoms with Crippen molar-refractivity contribution in [2.45, 2.75) is 25.9 Å². The minimum Gasteiger partial charge on any atom is -0.333 e. The van der Waals surface area contributed by atoms with Crippen LogP contribution in [-0.4, -0.2) is 61.4 Å². The van der Waals surface area contributed by atoms with Crippen LogP contribution in [0.25, 0.3) is 0 Å². The average Bonchev–Trinajstić information content (AvgIpc) is 3.24. The second-order valence-corrected chi connectivity index (χ2v) is 6.65. The van der Waals surface area contributed by atoms with Gasteiger partial charge in [0.15, 0.2) is 0 Å². The van der Waals surface area contributed by atoms with E-state index in [1.807, 2.05) is 17.3 Å². The number of imidazole rings is 1.